The second-order valence-electron chi connectivity index (χ2n) is 6.72. The van der Waals surface area contributed by atoms with Crippen LogP contribution in [0, 0.1) is 23.7 Å². The number of allylic oxidation sites excluding steroid dienone is 2. The third-order valence-corrected chi connectivity index (χ3v) is 4.60. The highest BCUT2D eigenvalue weighted by Crippen LogP contribution is 2.32. The molecule has 0 bridgehead atoms. The lowest BCUT2D eigenvalue weighted by Gasteiger charge is -2.11. The molecule has 0 aromatic carbocycles. The molecule has 1 rings (SSSR count). The van der Waals surface area contributed by atoms with E-state index < -0.39 is 5.97 Å². The number of carbonyl (C=O) groups excluding carboxylic acids is 2. The fourth-order valence-electron chi connectivity index (χ4n) is 3.07. The second kappa shape index (κ2) is 12.5. The summed E-state index contributed by atoms with van der Waals surface area (Å²) in [6.07, 6.45) is 11.6. The first-order chi connectivity index (χ1) is 12.0. The highest BCUT2D eigenvalue weighted by atomic mass is 16.4. The van der Waals surface area contributed by atoms with Crippen molar-refractivity contribution in [3.63, 3.8) is 0 Å². The molecule has 0 amide bonds. The van der Waals surface area contributed by atoms with Gasteiger partial charge < -0.3 is 5.11 Å². The maximum absolute atomic E-state index is 12.0. The SMILES string of the molecule is CCCCCCC(=O)/C=C/C1CCC(=O)C1CC#CCCCC(=O)O. The normalized spacial score (nSPS) is 19.8. The Hall–Kier alpha value is -1.89. The molecule has 1 fully saturated rings. The first-order valence-corrected chi connectivity index (χ1v) is 9.45. The summed E-state index contributed by atoms with van der Waals surface area (Å²) in [4.78, 5) is 34.3. The van der Waals surface area contributed by atoms with Crippen LogP contribution in [0.15, 0.2) is 12.2 Å². The molecule has 0 aliphatic heterocycles. The van der Waals surface area contributed by atoms with Crippen LogP contribution in [0.25, 0.3) is 0 Å². The molecule has 4 nitrogen and oxygen atoms in total. The quantitative estimate of drug-likeness (QED) is 0.343. The van der Waals surface area contributed by atoms with Crippen LogP contribution in [0.4, 0.5) is 0 Å². The van der Waals surface area contributed by atoms with Gasteiger partial charge in [0, 0.05) is 38.0 Å². The molecule has 1 aliphatic rings. The molecule has 4 heteroatoms. The van der Waals surface area contributed by atoms with Gasteiger partial charge in [-0.25, -0.2) is 0 Å². The van der Waals surface area contributed by atoms with Gasteiger partial charge in [-0.1, -0.05) is 32.3 Å². The van der Waals surface area contributed by atoms with E-state index in [9.17, 15) is 14.4 Å². The van der Waals surface area contributed by atoms with Gasteiger partial charge in [0.25, 0.3) is 0 Å². The van der Waals surface area contributed by atoms with Crippen molar-refractivity contribution in [1.82, 2.24) is 0 Å². The van der Waals surface area contributed by atoms with E-state index in [1.165, 1.54) is 6.42 Å². The summed E-state index contributed by atoms with van der Waals surface area (Å²) in [7, 11) is 0. The van der Waals surface area contributed by atoms with Crippen LogP contribution in [0.3, 0.4) is 0 Å². The number of hydrogen-bond acceptors (Lipinski definition) is 3. The number of unbranched alkanes of at least 4 members (excludes halogenated alkanes) is 4. The zero-order valence-electron chi connectivity index (χ0n) is 15.3. The van der Waals surface area contributed by atoms with Gasteiger partial charge in [-0.3, -0.25) is 14.4 Å². The average Bonchev–Trinajstić information content (AvgIpc) is 2.93. The number of ketones is 2. The van der Waals surface area contributed by atoms with E-state index in [0.29, 0.717) is 32.1 Å². The smallest absolute Gasteiger partial charge is 0.303 e. The van der Waals surface area contributed by atoms with Crippen molar-refractivity contribution in [1.29, 1.82) is 0 Å². The number of Topliss-reactive ketones (excluding diaryl/α,β-unsaturated/α-hetero) is 1. The van der Waals surface area contributed by atoms with Gasteiger partial charge in [-0.2, -0.15) is 0 Å². The number of hydrogen-bond donors (Lipinski definition) is 1. The third kappa shape index (κ3) is 9.24. The predicted octanol–water partition coefficient (Wildman–Crippen LogP) is 4.33. The van der Waals surface area contributed by atoms with Crippen molar-refractivity contribution in [3.05, 3.63) is 12.2 Å². The van der Waals surface area contributed by atoms with Gasteiger partial charge in [-0.15, -0.1) is 11.8 Å². The van der Waals surface area contributed by atoms with Crippen LogP contribution in [-0.2, 0) is 14.4 Å². The Bertz CT molecular complexity index is 536. The Morgan fingerprint density at radius 1 is 1.16 bits per heavy atom. The van der Waals surface area contributed by atoms with Crippen LogP contribution in [0.1, 0.15) is 77.6 Å². The van der Waals surface area contributed by atoms with E-state index in [-0.39, 0.29) is 29.8 Å². The summed E-state index contributed by atoms with van der Waals surface area (Å²) >= 11 is 0. The standard InChI is InChI=1S/C21H30O4/c1-2-3-4-7-10-18(22)15-13-17-14-16-20(23)19(17)11-8-5-6-9-12-21(24)25/h13,15,17,19H,2-4,6-7,9-12,14,16H2,1H3,(H,24,25)/b15-13+. The lowest BCUT2D eigenvalue weighted by atomic mass is 9.91. The number of carbonyl (C=O) groups is 3. The Labute approximate surface area is 151 Å². The van der Waals surface area contributed by atoms with Crippen molar-refractivity contribution in [3.8, 4) is 11.8 Å². The van der Waals surface area contributed by atoms with Gasteiger partial charge in [0.2, 0.25) is 0 Å². The first-order valence-electron chi connectivity index (χ1n) is 9.45. The van der Waals surface area contributed by atoms with Crippen molar-refractivity contribution in [2.45, 2.75) is 77.6 Å². The monoisotopic (exact) mass is 346 g/mol. The molecule has 25 heavy (non-hydrogen) atoms. The molecule has 2 unspecified atom stereocenters. The molecular formula is C21H30O4. The molecule has 1 N–H and O–H groups in total. The zero-order valence-corrected chi connectivity index (χ0v) is 15.3. The Balaban J connectivity index is 2.38. The molecule has 2 atom stereocenters. The average molecular weight is 346 g/mol. The number of rotatable bonds is 11. The number of carboxylic acid groups (broad SMARTS) is 1. The van der Waals surface area contributed by atoms with E-state index in [2.05, 4.69) is 18.8 Å². The summed E-state index contributed by atoms with van der Waals surface area (Å²) in [5, 5.41) is 8.57. The summed E-state index contributed by atoms with van der Waals surface area (Å²) in [5.74, 6) is 5.53. The lowest BCUT2D eigenvalue weighted by Crippen LogP contribution is -2.12. The summed E-state index contributed by atoms with van der Waals surface area (Å²) in [6.45, 7) is 2.15. The van der Waals surface area contributed by atoms with Crippen molar-refractivity contribution >= 4 is 17.5 Å². The summed E-state index contributed by atoms with van der Waals surface area (Å²) in [6, 6.07) is 0. The highest BCUT2D eigenvalue weighted by molar-refractivity contribution is 5.90. The van der Waals surface area contributed by atoms with Crippen LogP contribution in [-0.4, -0.2) is 22.6 Å². The number of carboxylic acids is 1. The topological polar surface area (TPSA) is 71.4 Å². The molecule has 138 valence electrons. The molecule has 0 spiro atoms. The summed E-state index contributed by atoms with van der Waals surface area (Å²) < 4.78 is 0. The van der Waals surface area contributed by atoms with Gasteiger partial charge in [0.1, 0.15) is 5.78 Å². The zero-order chi connectivity index (χ0) is 18.5. The Morgan fingerprint density at radius 2 is 1.96 bits per heavy atom. The van der Waals surface area contributed by atoms with Gasteiger partial charge in [0.05, 0.1) is 0 Å². The van der Waals surface area contributed by atoms with E-state index >= 15 is 0 Å². The number of aliphatic carboxylic acids is 1. The maximum atomic E-state index is 12.0. The molecule has 0 heterocycles. The summed E-state index contributed by atoms with van der Waals surface area (Å²) in [5.41, 5.74) is 0. The molecule has 0 saturated heterocycles. The molecule has 0 radical (unpaired) electrons. The minimum Gasteiger partial charge on any atom is -0.481 e. The fourth-order valence-corrected chi connectivity index (χ4v) is 3.07. The van der Waals surface area contributed by atoms with Crippen LogP contribution in [0.5, 0.6) is 0 Å². The van der Waals surface area contributed by atoms with E-state index in [1.54, 1.807) is 6.08 Å². The fraction of sp³-hybridized carbons (Fsp3) is 0.667. The molecule has 0 aromatic rings. The second-order valence-corrected chi connectivity index (χ2v) is 6.72. The molecule has 0 aromatic heterocycles. The lowest BCUT2D eigenvalue weighted by molar-refractivity contribution is -0.137. The van der Waals surface area contributed by atoms with Crippen molar-refractivity contribution < 1.29 is 19.5 Å². The van der Waals surface area contributed by atoms with Gasteiger partial charge in [-0.05, 0) is 31.3 Å². The van der Waals surface area contributed by atoms with Crippen molar-refractivity contribution in [2.75, 3.05) is 0 Å². The minimum absolute atomic E-state index is 0.111. The Morgan fingerprint density at radius 3 is 2.68 bits per heavy atom. The predicted molar refractivity (Wildman–Crippen MR) is 98.0 cm³/mol. The van der Waals surface area contributed by atoms with Crippen LogP contribution in [0.2, 0.25) is 0 Å². The van der Waals surface area contributed by atoms with E-state index in [1.807, 2.05) is 6.08 Å². The molecule has 1 saturated carbocycles. The van der Waals surface area contributed by atoms with E-state index in [0.717, 1.165) is 25.7 Å². The Kier molecular flexibility index (Phi) is 10.6. The maximum Gasteiger partial charge on any atom is 0.303 e. The largest absolute Gasteiger partial charge is 0.481 e. The van der Waals surface area contributed by atoms with Crippen LogP contribution >= 0.6 is 0 Å². The minimum atomic E-state index is -0.808. The highest BCUT2D eigenvalue weighted by Gasteiger charge is 2.32. The van der Waals surface area contributed by atoms with Gasteiger partial charge in [0.15, 0.2) is 5.78 Å². The van der Waals surface area contributed by atoms with Gasteiger partial charge >= 0.3 is 5.97 Å². The molecular weight excluding hydrogens is 316 g/mol. The molecule has 1 aliphatic carbocycles. The van der Waals surface area contributed by atoms with Crippen LogP contribution < -0.4 is 0 Å². The first kappa shape index (κ1) is 21.2. The third-order valence-electron chi connectivity index (χ3n) is 4.60. The van der Waals surface area contributed by atoms with E-state index in [4.69, 9.17) is 5.11 Å². The van der Waals surface area contributed by atoms with Crippen molar-refractivity contribution in [2.24, 2.45) is 11.8 Å².